The average molecular weight is 1090 g/mol. The minimum Gasteiger partial charge on any atom is -0.545 e. The summed E-state index contributed by atoms with van der Waals surface area (Å²) in [7, 11) is 0. The smallest absolute Gasteiger partial charge is 0.545 e. The molecule has 0 aliphatic carbocycles. The van der Waals surface area contributed by atoms with Gasteiger partial charge in [0.25, 0.3) is 0 Å². The molecule has 0 unspecified atom stereocenters. The summed E-state index contributed by atoms with van der Waals surface area (Å²) in [5, 5.41) is 30.5. The van der Waals surface area contributed by atoms with E-state index in [0.29, 0.717) is 0 Å². The fourth-order valence-corrected chi connectivity index (χ4v) is 8.44. The zero-order chi connectivity index (χ0) is 48.9. The zero-order valence-corrected chi connectivity index (χ0v) is 46.7. The first-order valence-corrected chi connectivity index (χ1v) is 28.9. The molecule has 0 N–H and O–H groups in total. The number of rotatable bonds is 51. The second-order valence-electron chi connectivity index (χ2n) is 19.4. The van der Waals surface area contributed by atoms with Crippen molar-refractivity contribution in [3.8, 4) is 0 Å². The third kappa shape index (κ3) is 82.2. The Morgan fingerprint density at radius 3 is 0.478 bits per heavy atom. The largest absolute Gasteiger partial charge is 3.00 e. The first kappa shape index (κ1) is 72.4. The van der Waals surface area contributed by atoms with E-state index in [0.717, 1.165) is 56.8 Å². The second kappa shape index (κ2) is 69.2. The van der Waals surface area contributed by atoms with Crippen LogP contribution < -0.4 is 15.3 Å². The minimum atomic E-state index is -1.08. The Hall–Kier alpha value is -1.10. The van der Waals surface area contributed by atoms with E-state index in [2.05, 4.69) is 20.8 Å². The van der Waals surface area contributed by atoms with Crippen LogP contribution in [0.25, 0.3) is 0 Å². The molecule has 7 heteroatoms. The van der Waals surface area contributed by atoms with Crippen LogP contribution in [0.3, 0.4) is 0 Å². The van der Waals surface area contributed by atoms with E-state index in [-0.39, 0.29) is 38.2 Å². The number of carbonyl (C=O) groups excluding carboxylic acids is 3. The van der Waals surface area contributed by atoms with Gasteiger partial charge in [0.15, 0.2) is 0 Å². The molecular weight excluding hydrogens is 979 g/mol. The van der Waals surface area contributed by atoms with Crippen molar-refractivity contribution in [2.24, 2.45) is 0 Å². The maximum absolute atomic E-state index is 10.2. The molecule has 0 saturated heterocycles. The molecule has 67 heavy (non-hydrogen) atoms. The summed E-state index contributed by atoms with van der Waals surface area (Å²) in [6.07, 6.45) is 72.5. The summed E-state index contributed by atoms with van der Waals surface area (Å²) in [6, 6.07) is 0. The topological polar surface area (TPSA) is 120 Å². The fraction of sp³-hybridized carbons (Fsp3) is 0.850. The van der Waals surface area contributed by atoms with Gasteiger partial charge in [0.05, 0.1) is 17.9 Å². The van der Waals surface area contributed by atoms with Gasteiger partial charge in [-0.25, -0.2) is 0 Å². The molecule has 0 aliphatic rings. The molecule has 0 rings (SSSR count). The molecule has 0 aromatic rings. The molecule has 0 atom stereocenters. The van der Waals surface area contributed by atoms with Gasteiger partial charge in [-0.3, -0.25) is 0 Å². The van der Waals surface area contributed by atoms with Crippen LogP contribution in [0.1, 0.15) is 329 Å². The van der Waals surface area contributed by atoms with Crippen molar-refractivity contribution in [3.05, 3.63) is 36.5 Å². The van der Waals surface area contributed by atoms with E-state index < -0.39 is 17.9 Å². The van der Waals surface area contributed by atoms with E-state index >= 15 is 0 Å². The Kier molecular flexibility index (Phi) is 74.8. The molecule has 397 valence electrons. The van der Waals surface area contributed by atoms with Crippen LogP contribution >= 0.6 is 0 Å². The van der Waals surface area contributed by atoms with E-state index in [1.807, 2.05) is 0 Å². The van der Waals surface area contributed by atoms with Gasteiger partial charge in [-0.15, -0.1) is 0 Å². The van der Waals surface area contributed by atoms with E-state index in [4.69, 9.17) is 0 Å². The number of carboxylic acid groups (broad SMARTS) is 3. The van der Waals surface area contributed by atoms with Gasteiger partial charge in [0, 0.05) is 0 Å². The summed E-state index contributed by atoms with van der Waals surface area (Å²) < 4.78 is 0. The monoisotopic (exact) mass is 1090 g/mol. The summed E-state index contributed by atoms with van der Waals surface area (Å²) in [4.78, 5) is 30.5. The van der Waals surface area contributed by atoms with Crippen LogP contribution in [0.4, 0.5) is 0 Å². The van der Waals surface area contributed by atoms with Crippen molar-refractivity contribution >= 4 is 17.9 Å². The van der Waals surface area contributed by atoms with Crippen LogP contribution in [0.5, 0.6) is 0 Å². The van der Waals surface area contributed by atoms with Crippen molar-refractivity contribution in [1.29, 1.82) is 0 Å². The first-order valence-electron chi connectivity index (χ1n) is 28.9. The molecule has 0 saturated carbocycles. The fourth-order valence-electron chi connectivity index (χ4n) is 8.44. The molecule has 0 amide bonds. The number of carbonyl (C=O) groups is 3. The summed E-state index contributed by atoms with van der Waals surface area (Å²) in [6.45, 7) is 6.82. The average Bonchev–Trinajstić information content (AvgIpc) is 3.29. The maximum Gasteiger partial charge on any atom is 3.00 e. The Labute approximate surface area is 448 Å². The van der Waals surface area contributed by atoms with Crippen LogP contribution in [-0.2, 0) is 14.4 Å². The molecule has 0 aromatic heterocycles. The SMILES string of the molecule is CCCCCCCCCCCCCCCCCC=CC(=O)[O-].CCCCCCCCCCCCCCCCCC=CC(=O)[O-].CCCCCCCCCCCCCCCCCC=CC(=O)[O-].[Dy+3]. The Bertz CT molecular complexity index is 911. The maximum atomic E-state index is 10.2. The predicted molar refractivity (Wildman–Crippen MR) is 281 cm³/mol. The van der Waals surface area contributed by atoms with Gasteiger partial charge in [0.1, 0.15) is 0 Å². The van der Waals surface area contributed by atoms with E-state index in [1.54, 1.807) is 18.2 Å². The third-order valence-corrected chi connectivity index (χ3v) is 12.7. The molecule has 0 aromatic carbocycles. The molecule has 0 fully saturated rings. The Morgan fingerprint density at radius 2 is 0.358 bits per heavy atom. The van der Waals surface area contributed by atoms with Crippen molar-refractivity contribution in [3.63, 3.8) is 0 Å². The van der Waals surface area contributed by atoms with E-state index in [1.165, 1.54) is 270 Å². The van der Waals surface area contributed by atoms with Gasteiger partial charge in [-0.05, 0) is 56.8 Å². The Balaban J connectivity index is -0.000000441. The molecule has 0 bridgehead atoms. The molecule has 0 spiro atoms. The van der Waals surface area contributed by atoms with Crippen molar-refractivity contribution in [2.45, 2.75) is 329 Å². The molecule has 0 heterocycles. The molecule has 0 aliphatic heterocycles. The van der Waals surface area contributed by atoms with Crippen molar-refractivity contribution in [2.75, 3.05) is 0 Å². The minimum absolute atomic E-state index is 0. The summed E-state index contributed by atoms with van der Waals surface area (Å²) >= 11 is 0. The number of aliphatic carboxylic acids is 3. The van der Waals surface area contributed by atoms with Crippen LogP contribution in [-0.4, -0.2) is 17.9 Å². The van der Waals surface area contributed by atoms with E-state index in [9.17, 15) is 29.7 Å². The standard InChI is InChI=1S/3C20H38O2.Dy/c3*1-2-3-4-5-6-7-8-9-10-11-12-13-14-15-16-17-18-19-20(21)22;/h3*18-19H,2-17H2,1H3,(H,21,22);/q;;;+3/p-3. The normalized spacial score (nSPS) is 11.1. The predicted octanol–water partition coefficient (Wildman–Crippen LogP) is 16.7. The summed E-state index contributed by atoms with van der Waals surface area (Å²) in [5.41, 5.74) is 0. The third-order valence-electron chi connectivity index (χ3n) is 12.7. The first-order chi connectivity index (χ1) is 32.3. The number of unbranched alkanes of at least 4 members (excludes halogenated alkanes) is 45. The summed E-state index contributed by atoms with van der Waals surface area (Å²) in [5.74, 6) is -3.25. The Morgan fingerprint density at radius 1 is 0.239 bits per heavy atom. The number of allylic oxidation sites excluding steroid dienone is 3. The van der Waals surface area contributed by atoms with Gasteiger partial charge >= 0.3 is 38.2 Å². The van der Waals surface area contributed by atoms with Crippen LogP contribution in [0, 0.1) is 38.2 Å². The number of carboxylic acids is 3. The second-order valence-corrected chi connectivity index (χ2v) is 19.4. The molecule has 1 radical (unpaired) electrons. The van der Waals surface area contributed by atoms with Gasteiger partial charge < -0.3 is 29.7 Å². The van der Waals surface area contributed by atoms with Crippen LogP contribution in [0.2, 0.25) is 0 Å². The molecular formula is C60H111DyO6. The van der Waals surface area contributed by atoms with Gasteiger partial charge in [-0.1, -0.05) is 309 Å². The number of hydrogen-bond donors (Lipinski definition) is 0. The number of hydrogen-bond acceptors (Lipinski definition) is 6. The van der Waals surface area contributed by atoms with Crippen LogP contribution in [0.15, 0.2) is 36.5 Å². The van der Waals surface area contributed by atoms with Gasteiger partial charge in [0.2, 0.25) is 0 Å². The zero-order valence-electron chi connectivity index (χ0n) is 44.7. The van der Waals surface area contributed by atoms with Gasteiger partial charge in [-0.2, -0.15) is 0 Å². The van der Waals surface area contributed by atoms with Crippen molar-refractivity contribution in [1.82, 2.24) is 0 Å². The quantitative estimate of drug-likeness (QED) is 0.0442. The van der Waals surface area contributed by atoms with Crippen molar-refractivity contribution < 1.29 is 67.9 Å². The molecule has 6 nitrogen and oxygen atoms in total.